The van der Waals surface area contributed by atoms with Crippen LogP contribution in [0.15, 0.2) is 36.7 Å². The van der Waals surface area contributed by atoms with E-state index < -0.39 is 6.17 Å². The van der Waals surface area contributed by atoms with Gasteiger partial charge in [-0.1, -0.05) is 6.07 Å². The summed E-state index contributed by atoms with van der Waals surface area (Å²) in [4.78, 5) is 6.21. The second-order valence-corrected chi connectivity index (χ2v) is 8.26. The van der Waals surface area contributed by atoms with Crippen molar-refractivity contribution in [3.05, 3.63) is 36.7 Å². The summed E-state index contributed by atoms with van der Waals surface area (Å²) in [5.74, 6) is 1.20. The number of anilines is 1. The van der Waals surface area contributed by atoms with Crippen LogP contribution in [0.5, 0.6) is 11.6 Å². The molecule has 2 N–H and O–H groups in total. The molecule has 2 bridgehead atoms. The van der Waals surface area contributed by atoms with Gasteiger partial charge < -0.3 is 20.1 Å². The maximum absolute atomic E-state index is 14.9. The lowest BCUT2D eigenvalue weighted by Gasteiger charge is -2.38. The van der Waals surface area contributed by atoms with Crippen LogP contribution in [0.2, 0.25) is 0 Å². The molecular weight excluding hydrogens is 413 g/mol. The van der Waals surface area contributed by atoms with Gasteiger partial charge in [0.15, 0.2) is 11.6 Å². The number of phenolic OH excluding ortho intramolecular Hbond substituents is 1. The van der Waals surface area contributed by atoms with Gasteiger partial charge in [0.25, 0.3) is 0 Å². The minimum Gasteiger partial charge on any atom is -0.507 e. The van der Waals surface area contributed by atoms with Gasteiger partial charge in [0.05, 0.1) is 31.1 Å². The van der Waals surface area contributed by atoms with Crippen LogP contribution in [0, 0.1) is 0 Å². The first-order chi connectivity index (χ1) is 15.5. The number of benzene rings is 1. The maximum atomic E-state index is 14.9. The highest BCUT2D eigenvalue weighted by Gasteiger charge is 2.43. The van der Waals surface area contributed by atoms with E-state index in [-0.39, 0.29) is 17.8 Å². The zero-order chi connectivity index (χ0) is 22.2. The number of aromatic nitrogens is 5. The largest absolute Gasteiger partial charge is 0.507 e. The van der Waals surface area contributed by atoms with Gasteiger partial charge in [-0.05, 0) is 37.0 Å². The molecule has 1 aromatic carbocycles. The number of aromatic hydroxyl groups is 1. The number of halogens is 1. The third-order valence-corrected chi connectivity index (χ3v) is 6.38. The topological polar surface area (TPSA) is 109 Å². The van der Waals surface area contributed by atoms with Crippen LogP contribution in [0.4, 0.5) is 10.2 Å². The summed E-state index contributed by atoms with van der Waals surface area (Å²) in [6.07, 6.45) is 4.81. The van der Waals surface area contributed by atoms with Crippen LogP contribution in [0.3, 0.4) is 0 Å². The normalized spacial score (nSPS) is 24.3. The number of methoxy groups -OCH3 is 1. The lowest BCUT2D eigenvalue weighted by Crippen LogP contribution is -2.55. The van der Waals surface area contributed by atoms with Crippen molar-refractivity contribution in [3.63, 3.8) is 0 Å². The molecule has 0 amide bonds. The summed E-state index contributed by atoms with van der Waals surface area (Å²) in [6.45, 7) is 0. The van der Waals surface area contributed by atoms with E-state index in [0.717, 1.165) is 30.4 Å². The Morgan fingerprint density at radius 2 is 2.00 bits per heavy atom. The fourth-order valence-corrected chi connectivity index (χ4v) is 4.58. The van der Waals surface area contributed by atoms with Gasteiger partial charge in [-0.3, -0.25) is 0 Å². The molecule has 3 aromatic rings. The first-order valence-corrected chi connectivity index (χ1v) is 10.6. The van der Waals surface area contributed by atoms with Crippen LogP contribution in [-0.2, 0) is 0 Å². The van der Waals surface area contributed by atoms with Crippen molar-refractivity contribution in [1.82, 2.24) is 30.7 Å². The highest BCUT2D eigenvalue weighted by atomic mass is 19.1. The quantitative estimate of drug-likeness (QED) is 0.622. The van der Waals surface area contributed by atoms with Crippen LogP contribution in [0.1, 0.15) is 19.3 Å². The molecule has 0 radical (unpaired) electrons. The molecule has 9 nitrogen and oxygen atoms in total. The second-order valence-electron chi connectivity index (χ2n) is 8.26. The minimum absolute atomic E-state index is 0.0138. The van der Waals surface area contributed by atoms with Gasteiger partial charge in [0.2, 0.25) is 5.88 Å². The average molecular weight is 437 g/mol. The molecule has 166 valence electrons. The Balaban J connectivity index is 1.35. The Morgan fingerprint density at radius 1 is 1.12 bits per heavy atom. The maximum Gasteiger partial charge on any atom is 0.233 e. The Hall–Kier alpha value is -3.40. The van der Waals surface area contributed by atoms with E-state index in [2.05, 4.69) is 30.7 Å². The zero-order valence-corrected chi connectivity index (χ0v) is 17.8. The van der Waals surface area contributed by atoms with E-state index in [1.807, 2.05) is 18.0 Å². The molecule has 2 fully saturated rings. The highest BCUT2D eigenvalue weighted by molar-refractivity contribution is 5.72. The monoisotopic (exact) mass is 437 g/mol. The van der Waals surface area contributed by atoms with Gasteiger partial charge in [0, 0.05) is 30.8 Å². The van der Waals surface area contributed by atoms with Crippen molar-refractivity contribution < 1.29 is 14.2 Å². The number of fused-ring (bicyclic) bond motifs is 2. The Morgan fingerprint density at radius 3 is 2.75 bits per heavy atom. The summed E-state index contributed by atoms with van der Waals surface area (Å²) in [7, 11) is 3.35. The first kappa shape index (κ1) is 20.5. The molecule has 4 atom stereocenters. The van der Waals surface area contributed by atoms with E-state index >= 15 is 0 Å². The first-order valence-electron chi connectivity index (χ1n) is 10.6. The summed E-state index contributed by atoms with van der Waals surface area (Å²) in [5, 5.41) is 30.1. The van der Waals surface area contributed by atoms with Crippen molar-refractivity contribution in [1.29, 1.82) is 0 Å². The van der Waals surface area contributed by atoms with Gasteiger partial charge in [-0.2, -0.15) is 5.10 Å². The van der Waals surface area contributed by atoms with E-state index in [4.69, 9.17) is 4.74 Å². The number of ether oxygens (including phenoxy) is 1. The van der Waals surface area contributed by atoms with E-state index in [1.165, 1.54) is 7.11 Å². The minimum atomic E-state index is -0.960. The predicted octanol–water partition coefficient (Wildman–Crippen LogP) is 2.38. The van der Waals surface area contributed by atoms with E-state index in [0.29, 0.717) is 29.1 Å². The van der Waals surface area contributed by atoms with Crippen LogP contribution >= 0.6 is 0 Å². The lowest BCUT2D eigenvalue weighted by molar-refractivity contribution is 0.176. The Kier molecular flexibility index (Phi) is 5.30. The molecule has 2 aliphatic heterocycles. The number of alkyl halides is 1. The molecule has 2 aliphatic rings. The van der Waals surface area contributed by atoms with Crippen LogP contribution < -0.4 is 15.0 Å². The Labute approximate surface area is 184 Å². The fourth-order valence-electron chi connectivity index (χ4n) is 4.58. The molecule has 32 heavy (non-hydrogen) atoms. The smallest absolute Gasteiger partial charge is 0.233 e. The molecule has 2 aromatic heterocycles. The number of phenols is 1. The molecule has 4 heterocycles. The molecule has 0 saturated carbocycles. The summed E-state index contributed by atoms with van der Waals surface area (Å²) in [6, 6.07) is 6.89. The molecule has 5 rings (SSSR count). The van der Waals surface area contributed by atoms with Crippen molar-refractivity contribution in [2.75, 3.05) is 19.1 Å². The van der Waals surface area contributed by atoms with E-state index in [9.17, 15) is 9.50 Å². The predicted molar refractivity (Wildman–Crippen MR) is 116 cm³/mol. The summed E-state index contributed by atoms with van der Waals surface area (Å²) >= 11 is 0. The summed E-state index contributed by atoms with van der Waals surface area (Å²) in [5.41, 5.74) is 1.96. The SMILES string of the molecule is COc1cc(-c2ccc(-c3ncc(N(C)[C@H]4C[C@H]5CC[C@H](N5)[C@H]4F)nn3)c(O)c2)cnn1. The Bertz CT molecular complexity index is 1110. The number of rotatable bonds is 5. The molecule has 0 aliphatic carbocycles. The van der Waals surface area contributed by atoms with Gasteiger partial charge >= 0.3 is 0 Å². The lowest BCUT2D eigenvalue weighted by atomic mass is 9.96. The van der Waals surface area contributed by atoms with Crippen molar-refractivity contribution in [2.45, 2.75) is 43.6 Å². The highest BCUT2D eigenvalue weighted by Crippen LogP contribution is 2.34. The summed E-state index contributed by atoms with van der Waals surface area (Å²) < 4.78 is 20.0. The molecule has 0 unspecified atom stereocenters. The molecule has 10 heteroatoms. The van der Waals surface area contributed by atoms with Gasteiger partial charge in [-0.15, -0.1) is 15.3 Å². The number of piperidine rings is 1. The number of hydrogen-bond acceptors (Lipinski definition) is 9. The second kappa shape index (κ2) is 8.27. The van der Waals surface area contributed by atoms with Gasteiger partial charge in [-0.25, -0.2) is 9.37 Å². The number of hydrogen-bond donors (Lipinski definition) is 2. The third-order valence-electron chi connectivity index (χ3n) is 6.38. The molecule has 0 spiro atoms. The van der Waals surface area contributed by atoms with E-state index in [1.54, 1.807) is 30.6 Å². The standard InChI is InChI=1S/C22H24FN7O2/c1-30(17-9-14-4-6-16(26-14)21(17)23)19-11-24-22(29-27-19)15-5-3-12(7-18(15)31)13-8-20(32-2)28-25-10-13/h3,5,7-8,10-11,14,16-17,21,26,31H,4,6,9H2,1-2H3/t14-,16+,17+,21-/m1/s1. The zero-order valence-electron chi connectivity index (χ0n) is 17.8. The average Bonchev–Trinajstić information content (AvgIpc) is 3.24. The van der Waals surface area contributed by atoms with Crippen molar-refractivity contribution in [2.24, 2.45) is 0 Å². The fraction of sp³-hybridized carbons (Fsp3) is 0.409. The molecular formula is C22H24FN7O2. The third kappa shape index (κ3) is 3.70. The molecule has 2 saturated heterocycles. The number of nitrogens with one attached hydrogen (secondary N) is 1. The van der Waals surface area contributed by atoms with Crippen LogP contribution in [0.25, 0.3) is 22.5 Å². The number of nitrogens with zero attached hydrogens (tertiary/aromatic N) is 6. The van der Waals surface area contributed by atoms with Crippen LogP contribution in [-0.4, -0.2) is 68.9 Å². The van der Waals surface area contributed by atoms with Crippen molar-refractivity contribution in [3.8, 4) is 34.1 Å². The van der Waals surface area contributed by atoms with Crippen molar-refractivity contribution >= 4 is 5.82 Å². The van der Waals surface area contributed by atoms with Gasteiger partial charge in [0.1, 0.15) is 11.9 Å².